The van der Waals surface area contributed by atoms with Crippen molar-refractivity contribution in [3.05, 3.63) is 64.7 Å². The highest BCUT2D eigenvalue weighted by Gasteiger charge is 2.32. The van der Waals surface area contributed by atoms with Gasteiger partial charge in [0.1, 0.15) is 0 Å². The number of hydrogen-bond donors (Lipinski definition) is 1. The molecule has 1 aliphatic rings. The van der Waals surface area contributed by atoms with Gasteiger partial charge in [-0.1, -0.05) is 6.07 Å². The minimum Gasteiger partial charge on any atom is -0.322 e. The molecule has 170 valence electrons. The molecule has 0 unspecified atom stereocenters. The van der Waals surface area contributed by atoms with Crippen LogP contribution in [0.25, 0.3) is 21.6 Å². The zero-order valence-corrected chi connectivity index (χ0v) is 19.0. The van der Waals surface area contributed by atoms with Gasteiger partial charge in [0.15, 0.2) is 27.1 Å². The number of halogens is 2. The lowest BCUT2D eigenvalue weighted by atomic mass is 10.1. The van der Waals surface area contributed by atoms with Gasteiger partial charge in [-0.2, -0.15) is 5.10 Å². The van der Waals surface area contributed by atoms with Crippen LogP contribution in [0.5, 0.6) is 0 Å². The number of thiophene rings is 1. The van der Waals surface area contributed by atoms with Gasteiger partial charge < -0.3 is 5.32 Å². The van der Waals surface area contributed by atoms with Gasteiger partial charge in [0, 0.05) is 11.8 Å². The highest BCUT2D eigenvalue weighted by molar-refractivity contribution is 7.91. The third-order valence-corrected chi connectivity index (χ3v) is 8.23. The van der Waals surface area contributed by atoms with Gasteiger partial charge in [-0.25, -0.2) is 26.9 Å². The van der Waals surface area contributed by atoms with E-state index in [0.29, 0.717) is 28.8 Å². The van der Waals surface area contributed by atoms with Crippen LogP contribution in [0.1, 0.15) is 28.5 Å². The summed E-state index contributed by atoms with van der Waals surface area (Å²) in [7, 11) is -3.16. The summed E-state index contributed by atoms with van der Waals surface area (Å²) < 4.78 is 52.6. The first kappa shape index (κ1) is 21.7. The maximum absolute atomic E-state index is 13.6. The average molecular weight is 489 g/mol. The number of carbonyl (C=O) groups is 1. The molecule has 1 amide bonds. The number of rotatable bonds is 4. The van der Waals surface area contributed by atoms with Crippen molar-refractivity contribution in [3.8, 4) is 10.6 Å². The van der Waals surface area contributed by atoms with Gasteiger partial charge >= 0.3 is 0 Å². The predicted molar refractivity (Wildman–Crippen MR) is 122 cm³/mol. The summed E-state index contributed by atoms with van der Waals surface area (Å²) in [6.07, 6.45) is 0.417. The summed E-state index contributed by atoms with van der Waals surface area (Å²) in [5, 5.41) is 9.52. The van der Waals surface area contributed by atoms with Crippen molar-refractivity contribution in [1.82, 2.24) is 14.8 Å². The Morgan fingerprint density at radius 2 is 2.03 bits per heavy atom. The molecule has 0 aliphatic carbocycles. The number of amides is 1. The lowest BCUT2D eigenvalue weighted by molar-refractivity contribution is 0.102. The number of aryl methyl sites for hydroxylation is 1. The molecule has 0 bridgehead atoms. The molecule has 1 aromatic carbocycles. The number of sulfone groups is 1. The van der Waals surface area contributed by atoms with Crippen LogP contribution < -0.4 is 5.32 Å². The summed E-state index contributed by atoms with van der Waals surface area (Å²) in [5.41, 5.74) is 1.84. The van der Waals surface area contributed by atoms with E-state index in [0.717, 1.165) is 17.0 Å². The Morgan fingerprint density at radius 3 is 2.70 bits per heavy atom. The molecule has 4 heterocycles. The van der Waals surface area contributed by atoms with Gasteiger partial charge in [0.25, 0.3) is 5.91 Å². The third kappa shape index (κ3) is 4.02. The maximum Gasteiger partial charge on any atom is 0.256 e. The number of fused-ring (bicyclic) bond motifs is 1. The van der Waals surface area contributed by atoms with Crippen molar-refractivity contribution < 1.29 is 22.0 Å². The molecule has 3 aromatic heterocycles. The Hall–Kier alpha value is -3.18. The van der Waals surface area contributed by atoms with E-state index in [1.54, 1.807) is 17.7 Å². The topological polar surface area (TPSA) is 93.9 Å². The third-order valence-electron chi connectivity index (χ3n) is 5.59. The van der Waals surface area contributed by atoms with Crippen molar-refractivity contribution in [2.24, 2.45) is 0 Å². The van der Waals surface area contributed by atoms with Crippen LogP contribution in [-0.4, -0.2) is 40.6 Å². The van der Waals surface area contributed by atoms with Crippen molar-refractivity contribution in [1.29, 1.82) is 0 Å². The van der Waals surface area contributed by atoms with Gasteiger partial charge in [-0.15, -0.1) is 11.3 Å². The van der Waals surface area contributed by atoms with Crippen molar-refractivity contribution in [2.45, 2.75) is 19.4 Å². The lowest BCUT2D eigenvalue weighted by Gasteiger charge is -2.12. The number of aromatic nitrogens is 3. The Bertz CT molecular complexity index is 1500. The fourth-order valence-corrected chi connectivity index (χ4v) is 6.42. The largest absolute Gasteiger partial charge is 0.322 e. The number of nitrogens with one attached hydrogen (secondary N) is 1. The predicted octanol–water partition coefficient (Wildman–Crippen LogP) is 4.36. The van der Waals surface area contributed by atoms with E-state index in [2.05, 4.69) is 10.4 Å². The molecule has 0 radical (unpaired) electrons. The Morgan fingerprint density at radius 1 is 1.21 bits per heavy atom. The minimum atomic E-state index is -3.16. The first-order valence-electron chi connectivity index (χ1n) is 10.1. The second kappa shape index (κ2) is 7.99. The molecule has 1 aliphatic heterocycles. The SMILES string of the molecule is Cc1nn([C@H]2CCS(=O)(=O)C2)c2nc(-c3cccs3)cc(C(=O)Nc3ccc(F)c(F)c3)c12. The van der Waals surface area contributed by atoms with Crippen LogP contribution in [0.4, 0.5) is 14.5 Å². The number of pyridine rings is 1. The summed E-state index contributed by atoms with van der Waals surface area (Å²) in [5.74, 6) is -2.58. The van der Waals surface area contributed by atoms with E-state index in [1.165, 1.54) is 17.4 Å². The van der Waals surface area contributed by atoms with Gasteiger partial charge in [0.05, 0.1) is 44.8 Å². The maximum atomic E-state index is 13.6. The van der Waals surface area contributed by atoms with Gasteiger partial charge in [0.2, 0.25) is 0 Å². The number of nitrogens with zero attached hydrogens (tertiary/aromatic N) is 3. The lowest BCUT2D eigenvalue weighted by Crippen LogP contribution is -2.15. The first-order chi connectivity index (χ1) is 15.7. The molecular weight excluding hydrogens is 470 g/mol. The molecule has 1 fully saturated rings. The standard InChI is InChI=1S/C22H18F2N4O3S2/c1-12-20-15(22(29)25-13-4-5-16(23)17(24)9-13)10-18(19-3-2-7-32-19)26-21(20)28(27-12)14-6-8-33(30,31)11-14/h2-5,7,9-10,14H,6,8,11H2,1H3,(H,25,29)/t14-/m0/s1. The van der Waals surface area contributed by atoms with Crippen LogP contribution in [0.3, 0.4) is 0 Å². The molecule has 1 atom stereocenters. The molecule has 7 nitrogen and oxygen atoms in total. The summed E-state index contributed by atoms with van der Waals surface area (Å²) >= 11 is 1.45. The fourth-order valence-electron chi connectivity index (χ4n) is 4.04. The molecular formula is C22H18F2N4O3S2. The number of hydrogen-bond acceptors (Lipinski definition) is 6. The van der Waals surface area contributed by atoms with E-state index in [9.17, 15) is 22.0 Å². The Balaban J connectivity index is 1.65. The van der Waals surface area contributed by atoms with Crippen molar-refractivity contribution >= 4 is 43.8 Å². The zero-order chi connectivity index (χ0) is 23.3. The van der Waals surface area contributed by atoms with Gasteiger partial charge in [-0.3, -0.25) is 4.79 Å². The van der Waals surface area contributed by atoms with E-state index in [1.807, 2.05) is 17.5 Å². The molecule has 1 saturated heterocycles. The van der Waals surface area contributed by atoms with Crippen molar-refractivity contribution in [2.75, 3.05) is 16.8 Å². The van der Waals surface area contributed by atoms with Gasteiger partial charge in [-0.05, 0) is 43.0 Å². The second-order valence-electron chi connectivity index (χ2n) is 7.90. The van der Waals surface area contributed by atoms with Crippen LogP contribution >= 0.6 is 11.3 Å². The van der Waals surface area contributed by atoms with E-state index < -0.39 is 27.4 Å². The molecule has 0 spiro atoms. The molecule has 33 heavy (non-hydrogen) atoms. The van der Waals surface area contributed by atoms with Crippen LogP contribution in [-0.2, 0) is 9.84 Å². The van der Waals surface area contributed by atoms with Crippen molar-refractivity contribution in [3.63, 3.8) is 0 Å². The first-order valence-corrected chi connectivity index (χ1v) is 12.8. The fraction of sp³-hybridized carbons (Fsp3) is 0.227. The number of benzene rings is 1. The quantitative estimate of drug-likeness (QED) is 0.461. The highest BCUT2D eigenvalue weighted by Crippen LogP contribution is 2.33. The second-order valence-corrected chi connectivity index (χ2v) is 11.1. The van der Waals surface area contributed by atoms with Crippen LogP contribution in [0.15, 0.2) is 41.8 Å². The molecule has 1 N–H and O–H groups in total. The van der Waals surface area contributed by atoms with E-state index >= 15 is 0 Å². The number of anilines is 1. The summed E-state index contributed by atoms with van der Waals surface area (Å²) in [6, 6.07) is 8.10. The summed E-state index contributed by atoms with van der Waals surface area (Å²) in [4.78, 5) is 18.8. The zero-order valence-electron chi connectivity index (χ0n) is 17.4. The smallest absolute Gasteiger partial charge is 0.256 e. The van der Waals surface area contributed by atoms with Crippen LogP contribution in [0, 0.1) is 18.6 Å². The highest BCUT2D eigenvalue weighted by atomic mass is 32.2. The molecule has 5 rings (SSSR count). The molecule has 11 heteroatoms. The molecule has 0 saturated carbocycles. The average Bonchev–Trinajstić information content (AvgIpc) is 3.49. The Labute approximate surface area is 192 Å². The van der Waals surface area contributed by atoms with E-state index in [4.69, 9.17) is 4.98 Å². The Kier molecular flexibility index (Phi) is 5.25. The van der Waals surface area contributed by atoms with Crippen LogP contribution in [0.2, 0.25) is 0 Å². The minimum absolute atomic E-state index is 0.0372. The van der Waals surface area contributed by atoms with E-state index in [-0.39, 0.29) is 28.8 Å². The normalized spacial score (nSPS) is 17.5. The number of carbonyl (C=O) groups excluding carboxylic acids is 1. The summed E-state index contributed by atoms with van der Waals surface area (Å²) in [6.45, 7) is 1.73. The monoisotopic (exact) mass is 488 g/mol. The molecule has 4 aromatic rings.